The van der Waals surface area contributed by atoms with Gasteiger partial charge in [-0.1, -0.05) is 51.3 Å². The van der Waals surface area contributed by atoms with E-state index in [1.54, 1.807) is 18.2 Å². The number of hydrogen-bond acceptors (Lipinski definition) is 1. The van der Waals surface area contributed by atoms with Crippen molar-refractivity contribution >= 4 is 50.9 Å². The van der Waals surface area contributed by atoms with E-state index in [1.807, 2.05) is 31.2 Å². The van der Waals surface area contributed by atoms with E-state index in [9.17, 15) is 4.79 Å². The van der Waals surface area contributed by atoms with Crippen molar-refractivity contribution in [1.29, 1.82) is 0 Å². The van der Waals surface area contributed by atoms with E-state index >= 15 is 0 Å². The Morgan fingerprint density at radius 1 is 1.10 bits per heavy atom. The first-order valence-electron chi connectivity index (χ1n) is 6.24. The molecule has 0 saturated carbocycles. The fourth-order valence-corrected chi connectivity index (χ4v) is 2.33. The predicted molar refractivity (Wildman–Crippen MR) is 91.2 cm³/mol. The van der Waals surface area contributed by atoms with Gasteiger partial charge in [0.1, 0.15) is 0 Å². The molecule has 0 saturated heterocycles. The average Bonchev–Trinajstić information content (AvgIpc) is 2.43. The van der Waals surface area contributed by atoms with Gasteiger partial charge in [-0.2, -0.15) is 0 Å². The van der Waals surface area contributed by atoms with Gasteiger partial charge >= 0.3 is 6.03 Å². The van der Waals surface area contributed by atoms with E-state index in [1.165, 1.54) is 0 Å². The van der Waals surface area contributed by atoms with Gasteiger partial charge in [-0.15, -0.1) is 0 Å². The third kappa shape index (κ3) is 4.63. The minimum absolute atomic E-state index is 0.110. The van der Waals surface area contributed by atoms with Gasteiger partial charge in [0.2, 0.25) is 0 Å². The number of halogens is 3. The third-order valence-electron chi connectivity index (χ3n) is 2.90. The molecule has 2 N–H and O–H groups in total. The number of nitrogens with one attached hydrogen (secondary N) is 2. The van der Waals surface area contributed by atoms with E-state index in [2.05, 4.69) is 26.6 Å². The van der Waals surface area contributed by atoms with Crippen molar-refractivity contribution < 1.29 is 4.79 Å². The van der Waals surface area contributed by atoms with Crippen LogP contribution in [0.15, 0.2) is 46.9 Å². The van der Waals surface area contributed by atoms with Gasteiger partial charge < -0.3 is 10.6 Å². The van der Waals surface area contributed by atoms with Crippen LogP contribution in [0.4, 0.5) is 10.5 Å². The quantitative estimate of drug-likeness (QED) is 0.702. The molecule has 2 aromatic carbocycles. The molecule has 0 heterocycles. The SMILES string of the molecule is CC(NC(=O)Nc1ccc(Cl)c(Cl)c1)c1ccc(Br)cc1. The van der Waals surface area contributed by atoms with Crippen LogP contribution in [-0.4, -0.2) is 6.03 Å². The highest BCUT2D eigenvalue weighted by atomic mass is 79.9. The number of amides is 2. The van der Waals surface area contributed by atoms with Crippen LogP contribution in [0.25, 0.3) is 0 Å². The molecule has 0 spiro atoms. The number of rotatable bonds is 3. The highest BCUT2D eigenvalue weighted by molar-refractivity contribution is 9.10. The van der Waals surface area contributed by atoms with Gasteiger partial charge in [0.25, 0.3) is 0 Å². The molecule has 2 aromatic rings. The molecule has 0 aliphatic heterocycles. The Balaban J connectivity index is 1.97. The van der Waals surface area contributed by atoms with Crippen molar-refractivity contribution in [2.75, 3.05) is 5.32 Å². The number of carbonyl (C=O) groups excluding carboxylic acids is 1. The van der Waals surface area contributed by atoms with Crippen molar-refractivity contribution in [1.82, 2.24) is 5.32 Å². The molecule has 0 fully saturated rings. The molecule has 0 bridgehead atoms. The molecule has 6 heteroatoms. The third-order valence-corrected chi connectivity index (χ3v) is 4.16. The van der Waals surface area contributed by atoms with Crippen LogP contribution in [0.3, 0.4) is 0 Å². The van der Waals surface area contributed by atoms with Gasteiger partial charge in [0.15, 0.2) is 0 Å². The molecular weight excluding hydrogens is 375 g/mol. The number of anilines is 1. The fourth-order valence-electron chi connectivity index (χ4n) is 1.77. The first kappa shape index (κ1) is 16.1. The van der Waals surface area contributed by atoms with Gasteiger partial charge in [-0.3, -0.25) is 0 Å². The summed E-state index contributed by atoms with van der Waals surface area (Å²) in [6, 6.07) is 12.3. The van der Waals surface area contributed by atoms with Gasteiger partial charge in [-0.25, -0.2) is 4.79 Å². The Morgan fingerprint density at radius 2 is 1.76 bits per heavy atom. The molecule has 2 rings (SSSR count). The lowest BCUT2D eigenvalue weighted by atomic mass is 10.1. The zero-order valence-electron chi connectivity index (χ0n) is 11.2. The normalized spacial score (nSPS) is 11.8. The Hall–Kier alpha value is -1.23. The largest absolute Gasteiger partial charge is 0.331 e. The zero-order chi connectivity index (χ0) is 15.4. The Kier molecular flexibility index (Phi) is 5.51. The molecular formula is C15H13BrCl2N2O. The maximum Gasteiger partial charge on any atom is 0.319 e. The van der Waals surface area contributed by atoms with Crippen LogP contribution in [0, 0.1) is 0 Å². The van der Waals surface area contributed by atoms with E-state index in [-0.39, 0.29) is 12.1 Å². The van der Waals surface area contributed by atoms with E-state index in [0.29, 0.717) is 15.7 Å². The smallest absolute Gasteiger partial charge is 0.319 e. The summed E-state index contributed by atoms with van der Waals surface area (Å²) in [5.74, 6) is 0. The molecule has 0 radical (unpaired) electrons. The number of carbonyl (C=O) groups is 1. The van der Waals surface area contributed by atoms with Crippen LogP contribution >= 0.6 is 39.1 Å². The van der Waals surface area contributed by atoms with Crippen LogP contribution in [0.5, 0.6) is 0 Å². The standard InChI is InChI=1S/C15H13BrCl2N2O/c1-9(10-2-4-11(16)5-3-10)19-15(21)20-12-6-7-13(17)14(18)8-12/h2-9H,1H3,(H2,19,20,21). The van der Waals surface area contributed by atoms with Crippen LogP contribution < -0.4 is 10.6 Å². The molecule has 0 aliphatic rings. The summed E-state index contributed by atoms with van der Waals surface area (Å²) < 4.78 is 0.999. The topological polar surface area (TPSA) is 41.1 Å². The summed E-state index contributed by atoms with van der Waals surface area (Å²) in [5, 5.41) is 6.42. The fraction of sp³-hybridized carbons (Fsp3) is 0.133. The summed E-state index contributed by atoms with van der Waals surface area (Å²) in [7, 11) is 0. The Bertz CT molecular complexity index is 647. The monoisotopic (exact) mass is 386 g/mol. The van der Waals surface area contributed by atoms with Crippen LogP contribution in [-0.2, 0) is 0 Å². The van der Waals surface area contributed by atoms with E-state index < -0.39 is 0 Å². The van der Waals surface area contributed by atoms with Crippen molar-refractivity contribution in [2.24, 2.45) is 0 Å². The van der Waals surface area contributed by atoms with Crippen LogP contribution in [0.2, 0.25) is 10.0 Å². The molecule has 21 heavy (non-hydrogen) atoms. The first-order valence-corrected chi connectivity index (χ1v) is 7.78. The molecule has 1 atom stereocenters. The molecule has 1 unspecified atom stereocenters. The second kappa shape index (κ2) is 7.16. The average molecular weight is 388 g/mol. The van der Waals surface area contributed by atoms with Gasteiger partial charge in [0, 0.05) is 10.2 Å². The lowest BCUT2D eigenvalue weighted by Crippen LogP contribution is -2.31. The summed E-state index contributed by atoms with van der Waals surface area (Å²) >= 11 is 15.1. The number of benzene rings is 2. The number of urea groups is 1. The molecule has 2 amide bonds. The maximum atomic E-state index is 12.0. The van der Waals surface area contributed by atoms with Gasteiger partial charge in [0.05, 0.1) is 16.1 Å². The maximum absolute atomic E-state index is 12.0. The Labute approximate surface area is 141 Å². The van der Waals surface area contributed by atoms with Crippen molar-refractivity contribution in [2.45, 2.75) is 13.0 Å². The summed E-state index contributed by atoms with van der Waals surface area (Å²) in [4.78, 5) is 12.0. The predicted octanol–water partition coefficient (Wildman–Crippen LogP) is 5.64. The van der Waals surface area contributed by atoms with Crippen molar-refractivity contribution in [3.8, 4) is 0 Å². The molecule has 0 aliphatic carbocycles. The number of hydrogen-bond donors (Lipinski definition) is 2. The lowest BCUT2D eigenvalue weighted by Gasteiger charge is -2.15. The lowest BCUT2D eigenvalue weighted by molar-refractivity contribution is 0.249. The van der Waals surface area contributed by atoms with Crippen LogP contribution in [0.1, 0.15) is 18.5 Å². The van der Waals surface area contributed by atoms with Crippen molar-refractivity contribution in [3.63, 3.8) is 0 Å². The minimum atomic E-state index is -0.302. The second-order valence-corrected chi connectivity index (χ2v) is 6.23. The first-order chi connectivity index (χ1) is 9.95. The summed E-state index contributed by atoms with van der Waals surface area (Å²) in [5.41, 5.74) is 1.60. The van der Waals surface area contributed by atoms with Gasteiger partial charge in [-0.05, 0) is 42.8 Å². The summed E-state index contributed by atoms with van der Waals surface area (Å²) in [6.07, 6.45) is 0. The molecule has 3 nitrogen and oxygen atoms in total. The zero-order valence-corrected chi connectivity index (χ0v) is 14.3. The molecule has 110 valence electrons. The van der Waals surface area contributed by atoms with E-state index in [0.717, 1.165) is 10.0 Å². The Morgan fingerprint density at radius 3 is 2.38 bits per heavy atom. The van der Waals surface area contributed by atoms with E-state index in [4.69, 9.17) is 23.2 Å². The summed E-state index contributed by atoms with van der Waals surface area (Å²) in [6.45, 7) is 1.91. The second-order valence-electron chi connectivity index (χ2n) is 4.50. The van der Waals surface area contributed by atoms with Crippen molar-refractivity contribution in [3.05, 3.63) is 62.5 Å². The molecule has 0 aromatic heterocycles. The highest BCUT2D eigenvalue weighted by Crippen LogP contribution is 2.25. The minimum Gasteiger partial charge on any atom is -0.331 e. The highest BCUT2D eigenvalue weighted by Gasteiger charge is 2.10.